The van der Waals surface area contributed by atoms with Crippen LogP contribution in [-0.2, 0) is 10.2 Å². The normalized spacial score (nSPS) is 21.4. The Morgan fingerprint density at radius 2 is 1.96 bits per heavy atom. The highest BCUT2D eigenvalue weighted by Crippen LogP contribution is 2.40. The van der Waals surface area contributed by atoms with Crippen molar-refractivity contribution in [1.82, 2.24) is 15.5 Å². The van der Waals surface area contributed by atoms with Crippen molar-refractivity contribution in [1.29, 1.82) is 0 Å². The summed E-state index contributed by atoms with van der Waals surface area (Å²) in [6.45, 7) is 5.87. The van der Waals surface area contributed by atoms with E-state index in [0.29, 0.717) is 5.02 Å². The highest BCUT2D eigenvalue weighted by atomic mass is 35.5. The fraction of sp³-hybridized carbons (Fsp3) is 0.632. The molecule has 0 spiro atoms. The highest BCUT2D eigenvalue weighted by molar-refractivity contribution is 6.30. The zero-order valence-electron chi connectivity index (χ0n) is 14.3. The van der Waals surface area contributed by atoms with Gasteiger partial charge in [-0.15, -0.1) is 0 Å². The van der Waals surface area contributed by atoms with Gasteiger partial charge in [-0.05, 0) is 30.5 Å². The van der Waals surface area contributed by atoms with Gasteiger partial charge in [0.1, 0.15) is 0 Å². The number of carbonyl (C=O) groups is 1. The van der Waals surface area contributed by atoms with E-state index in [1.807, 2.05) is 18.2 Å². The third kappa shape index (κ3) is 4.11. The second kappa shape index (κ2) is 8.32. The zero-order chi connectivity index (χ0) is 16.8. The maximum absolute atomic E-state index is 13.1. The maximum Gasteiger partial charge on any atom is 0.230 e. The summed E-state index contributed by atoms with van der Waals surface area (Å²) in [5.41, 5.74) is 0.682. The molecule has 1 heterocycles. The maximum atomic E-state index is 13.1. The van der Waals surface area contributed by atoms with Crippen LogP contribution in [0.5, 0.6) is 0 Å². The Balaban J connectivity index is 1.65. The first-order valence-electron chi connectivity index (χ1n) is 9.18. The van der Waals surface area contributed by atoms with E-state index >= 15 is 0 Å². The molecule has 132 valence electrons. The van der Waals surface area contributed by atoms with E-state index in [0.717, 1.165) is 70.5 Å². The van der Waals surface area contributed by atoms with Crippen molar-refractivity contribution in [2.45, 2.75) is 37.5 Å². The minimum atomic E-state index is -0.396. The Hall–Kier alpha value is -1.10. The summed E-state index contributed by atoms with van der Waals surface area (Å²) in [6, 6.07) is 7.88. The molecule has 0 unspecified atom stereocenters. The van der Waals surface area contributed by atoms with Crippen LogP contribution in [0.15, 0.2) is 24.3 Å². The fourth-order valence-electron chi connectivity index (χ4n) is 4.02. The lowest BCUT2D eigenvalue weighted by Gasteiger charge is -2.37. The topological polar surface area (TPSA) is 44.4 Å². The Morgan fingerprint density at radius 3 is 2.67 bits per heavy atom. The largest absolute Gasteiger partial charge is 0.354 e. The van der Waals surface area contributed by atoms with Gasteiger partial charge in [0.05, 0.1) is 5.41 Å². The third-order valence-corrected chi connectivity index (χ3v) is 5.68. The predicted octanol–water partition coefficient (Wildman–Crippen LogP) is 2.56. The molecule has 1 aliphatic heterocycles. The van der Waals surface area contributed by atoms with Gasteiger partial charge in [-0.2, -0.15) is 0 Å². The first kappa shape index (κ1) is 17.7. The van der Waals surface area contributed by atoms with Gasteiger partial charge >= 0.3 is 0 Å². The van der Waals surface area contributed by atoms with E-state index < -0.39 is 5.41 Å². The number of hydrogen-bond acceptors (Lipinski definition) is 3. The summed E-state index contributed by atoms with van der Waals surface area (Å²) >= 11 is 6.19. The Morgan fingerprint density at radius 1 is 1.21 bits per heavy atom. The smallest absolute Gasteiger partial charge is 0.230 e. The minimum Gasteiger partial charge on any atom is -0.354 e. The van der Waals surface area contributed by atoms with Gasteiger partial charge in [0.25, 0.3) is 0 Å². The van der Waals surface area contributed by atoms with Crippen molar-refractivity contribution in [3.8, 4) is 0 Å². The van der Waals surface area contributed by atoms with E-state index in [4.69, 9.17) is 11.6 Å². The van der Waals surface area contributed by atoms with Gasteiger partial charge in [-0.3, -0.25) is 9.69 Å². The van der Waals surface area contributed by atoms with Gasteiger partial charge in [0.15, 0.2) is 0 Å². The van der Waals surface area contributed by atoms with Crippen LogP contribution in [0.25, 0.3) is 0 Å². The van der Waals surface area contributed by atoms with Crippen LogP contribution < -0.4 is 10.6 Å². The van der Waals surface area contributed by atoms with Crippen molar-refractivity contribution in [3.05, 3.63) is 34.9 Å². The molecule has 1 aromatic carbocycles. The second-order valence-electron chi connectivity index (χ2n) is 7.00. The second-order valence-corrected chi connectivity index (χ2v) is 7.44. The fourth-order valence-corrected chi connectivity index (χ4v) is 4.21. The molecule has 2 aliphatic rings. The number of benzene rings is 1. The number of halogens is 1. The van der Waals surface area contributed by atoms with Gasteiger partial charge in [0, 0.05) is 44.3 Å². The lowest BCUT2D eigenvalue weighted by molar-refractivity contribution is -0.128. The van der Waals surface area contributed by atoms with Crippen LogP contribution in [0.4, 0.5) is 0 Å². The number of rotatable bonds is 5. The molecule has 1 saturated heterocycles. The number of nitrogens with zero attached hydrogens (tertiary/aromatic N) is 1. The molecule has 5 heteroatoms. The molecule has 0 radical (unpaired) electrons. The quantitative estimate of drug-likeness (QED) is 0.858. The molecule has 4 nitrogen and oxygen atoms in total. The Kier molecular flexibility index (Phi) is 6.14. The van der Waals surface area contributed by atoms with Crippen LogP contribution in [0.2, 0.25) is 5.02 Å². The minimum absolute atomic E-state index is 0.180. The van der Waals surface area contributed by atoms with E-state index in [-0.39, 0.29) is 5.91 Å². The molecule has 3 rings (SSSR count). The highest BCUT2D eigenvalue weighted by Gasteiger charge is 2.40. The number of carbonyl (C=O) groups excluding carboxylic acids is 1. The van der Waals surface area contributed by atoms with Crippen LogP contribution in [0.3, 0.4) is 0 Å². The molecule has 1 aromatic rings. The molecular weight excluding hydrogens is 322 g/mol. The van der Waals surface area contributed by atoms with Crippen molar-refractivity contribution in [3.63, 3.8) is 0 Å². The van der Waals surface area contributed by atoms with Crippen LogP contribution in [0.1, 0.15) is 37.7 Å². The number of piperazine rings is 1. The summed E-state index contributed by atoms with van der Waals surface area (Å²) in [7, 11) is 0. The average Bonchev–Trinajstić information content (AvgIpc) is 2.63. The van der Waals surface area contributed by atoms with Crippen molar-refractivity contribution < 1.29 is 4.79 Å². The molecular formula is C19H28ClN3O. The molecule has 1 aliphatic carbocycles. The van der Waals surface area contributed by atoms with Crippen LogP contribution in [-0.4, -0.2) is 50.1 Å². The standard InChI is InChI=1S/C19H28ClN3O/c20-17-6-4-5-16(15-17)19(7-2-1-3-8-19)18(24)22-11-14-23-12-9-21-10-13-23/h4-6,15,21H,1-3,7-14H2,(H,22,24). The molecule has 1 amide bonds. The molecule has 1 saturated carbocycles. The van der Waals surface area contributed by atoms with Gasteiger partial charge in [-0.1, -0.05) is 43.0 Å². The van der Waals surface area contributed by atoms with Gasteiger partial charge in [-0.25, -0.2) is 0 Å². The number of nitrogens with one attached hydrogen (secondary N) is 2. The molecule has 0 atom stereocenters. The van der Waals surface area contributed by atoms with E-state index in [2.05, 4.69) is 21.6 Å². The first-order chi connectivity index (χ1) is 11.7. The summed E-state index contributed by atoms with van der Waals surface area (Å²) in [5, 5.41) is 7.29. The van der Waals surface area contributed by atoms with Crippen molar-refractivity contribution in [2.75, 3.05) is 39.3 Å². The lowest BCUT2D eigenvalue weighted by atomic mass is 9.68. The van der Waals surface area contributed by atoms with Crippen molar-refractivity contribution in [2.24, 2.45) is 0 Å². The number of hydrogen-bond donors (Lipinski definition) is 2. The molecule has 24 heavy (non-hydrogen) atoms. The predicted molar refractivity (Wildman–Crippen MR) is 98.5 cm³/mol. The number of amides is 1. The third-order valence-electron chi connectivity index (χ3n) is 5.44. The van der Waals surface area contributed by atoms with Gasteiger partial charge in [0.2, 0.25) is 5.91 Å². The Bertz CT molecular complexity index is 551. The summed E-state index contributed by atoms with van der Waals surface area (Å²) in [6.07, 6.45) is 5.28. The first-order valence-corrected chi connectivity index (χ1v) is 9.56. The summed E-state index contributed by atoms with van der Waals surface area (Å²) in [5.74, 6) is 0.180. The summed E-state index contributed by atoms with van der Waals surface area (Å²) < 4.78 is 0. The van der Waals surface area contributed by atoms with E-state index in [9.17, 15) is 4.79 Å². The monoisotopic (exact) mass is 349 g/mol. The van der Waals surface area contributed by atoms with E-state index in [1.54, 1.807) is 0 Å². The SMILES string of the molecule is O=C(NCCN1CCNCC1)C1(c2cccc(Cl)c2)CCCCC1. The molecule has 0 bridgehead atoms. The van der Waals surface area contributed by atoms with E-state index in [1.165, 1.54) is 6.42 Å². The van der Waals surface area contributed by atoms with Gasteiger partial charge < -0.3 is 10.6 Å². The summed E-state index contributed by atoms with van der Waals surface area (Å²) in [4.78, 5) is 15.5. The van der Waals surface area contributed by atoms with Crippen LogP contribution >= 0.6 is 11.6 Å². The molecule has 0 aromatic heterocycles. The van der Waals surface area contributed by atoms with Crippen LogP contribution in [0, 0.1) is 0 Å². The zero-order valence-corrected chi connectivity index (χ0v) is 15.1. The average molecular weight is 350 g/mol. The molecule has 2 N–H and O–H groups in total. The molecule has 2 fully saturated rings. The Labute approximate surface area is 149 Å². The lowest BCUT2D eigenvalue weighted by Crippen LogP contribution is -2.50. The van der Waals surface area contributed by atoms with Crippen molar-refractivity contribution >= 4 is 17.5 Å².